The van der Waals surface area contributed by atoms with Gasteiger partial charge in [-0.05, 0) is 60.5 Å². The first-order valence-electron chi connectivity index (χ1n) is 11.1. The zero-order valence-corrected chi connectivity index (χ0v) is 20.3. The van der Waals surface area contributed by atoms with Crippen molar-refractivity contribution in [2.24, 2.45) is 0 Å². The number of anilines is 1. The van der Waals surface area contributed by atoms with Crippen LogP contribution in [0.2, 0.25) is 5.02 Å². The first-order chi connectivity index (χ1) is 16.8. The lowest BCUT2D eigenvalue weighted by molar-refractivity contribution is 0.354. The van der Waals surface area contributed by atoms with Crippen molar-refractivity contribution in [3.05, 3.63) is 93.4 Å². The van der Waals surface area contributed by atoms with Gasteiger partial charge in [0.2, 0.25) is 0 Å². The van der Waals surface area contributed by atoms with Gasteiger partial charge < -0.3 is 33.1 Å². The molecule has 3 heterocycles. The number of aryl methyl sites for hydroxylation is 1. The van der Waals surface area contributed by atoms with Gasteiger partial charge in [0, 0.05) is 51.5 Å². The normalized spacial score (nSPS) is 16.1. The molecule has 2 N–H and O–H groups in total. The Bertz CT molecular complexity index is 1410. The minimum Gasteiger partial charge on any atom is -0.493 e. The molecule has 9 heteroatoms. The molecule has 0 saturated carbocycles. The lowest BCUT2D eigenvalue weighted by atomic mass is 9.84. The molecule has 0 spiro atoms. The Hall–Kier alpha value is -3.65. The summed E-state index contributed by atoms with van der Waals surface area (Å²) in [5.41, 5.74) is 10.8. The van der Waals surface area contributed by atoms with Gasteiger partial charge in [-0.3, -0.25) is 0 Å². The van der Waals surface area contributed by atoms with Crippen LogP contribution in [-0.2, 0) is 0 Å². The predicted molar refractivity (Wildman–Crippen MR) is 139 cm³/mol. The van der Waals surface area contributed by atoms with Crippen molar-refractivity contribution in [3.63, 3.8) is 0 Å². The average molecular weight is 495 g/mol. The molecule has 0 saturated heterocycles. The van der Waals surface area contributed by atoms with Crippen molar-refractivity contribution < 1.29 is 18.1 Å². The van der Waals surface area contributed by atoms with Gasteiger partial charge in [-0.2, -0.15) is 0 Å². The van der Waals surface area contributed by atoms with Gasteiger partial charge in [0.25, 0.3) is 0 Å². The zero-order valence-electron chi connectivity index (χ0n) is 19.6. The van der Waals surface area contributed by atoms with E-state index in [1.165, 1.54) is 19.0 Å². The summed E-state index contributed by atoms with van der Waals surface area (Å²) in [5, 5.41) is 0.451. The number of aromatic nitrogens is 1. The number of nitrogens with two attached hydrogens (primary N) is 1. The zero-order chi connectivity index (χ0) is 24.9. The topological polar surface area (TPSA) is 52.7 Å². The highest BCUT2D eigenvalue weighted by atomic mass is 35.5. The van der Waals surface area contributed by atoms with Crippen molar-refractivity contribution in [2.45, 2.75) is 6.92 Å². The van der Waals surface area contributed by atoms with E-state index in [1.807, 2.05) is 19.1 Å². The molecule has 5 rings (SSSR count). The molecule has 0 bridgehead atoms. The Balaban J connectivity index is 1.70. The number of nitrogen functional groups attached to an aromatic ring is 1. The summed E-state index contributed by atoms with van der Waals surface area (Å²) in [5.74, 6) is 0.935. The molecule has 35 heavy (non-hydrogen) atoms. The molecule has 2 aromatic carbocycles. The standard InChI is InChI=1S/C26H24BClF2N3O2/c1-16-13-21(11-8-18-14-19(28)15-23(34-2)26(18)35-3)33-25(16)24(17-6-9-20(31)10-7-17)22-5-4-12-32(22)27(33,29)30/h4-11,13-15H,12,31H2,1-3H3/q-1/b11-8+. The van der Waals surface area contributed by atoms with Crippen LogP contribution >= 0.6 is 11.6 Å². The van der Waals surface area contributed by atoms with Crippen molar-refractivity contribution in [3.8, 4) is 11.5 Å². The SMILES string of the molecule is COc1cc(Cl)cc(/C=C/c2cc(C)c3n2[B-](F)(F)N2CC=CC2=C3c2ccc(N)cc2)c1OC. The van der Waals surface area contributed by atoms with E-state index < -0.39 is 6.97 Å². The summed E-state index contributed by atoms with van der Waals surface area (Å²) in [6, 6.07) is 12.4. The maximum Gasteiger partial charge on any atom is 0.529 e. The number of ether oxygens (including phenoxy) is 2. The fourth-order valence-corrected chi connectivity index (χ4v) is 5.12. The highest BCUT2D eigenvalue weighted by Crippen LogP contribution is 2.44. The lowest BCUT2D eigenvalue weighted by Crippen LogP contribution is -2.54. The second-order valence-corrected chi connectivity index (χ2v) is 9.00. The summed E-state index contributed by atoms with van der Waals surface area (Å²) >= 11 is 6.24. The Morgan fingerprint density at radius 3 is 2.49 bits per heavy atom. The van der Waals surface area contributed by atoms with Crippen LogP contribution in [0.3, 0.4) is 0 Å². The number of rotatable bonds is 5. The molecular weight excluding hydrogens is 471 g/mol. The molecule has 0 fully saturated rings. The van der Waals surface area contributed by atoms with Crippen LogP contribution in [0.4, 0.5) is 14.3 Å². The Kier molecular flexibility index (Phi) is 5.64. The van der Waals surface area contributed by atoms with E-state index in [0.29, 0.717) is 44.9 Å². The van der Waals surface area contributed by atoms with Gasteiger partial charge in [0.05, 0.1) is 14.2 Å². The number of benzene rings is 2. The van der Waals surface area contributed by atoms with Crippen LogP contribution in [0.15, 0.2) is 60.3 Å². The fraction of sp³-hybridized carbons (Fsp3) is 0.154. The third-order valence-corrected chi connectivity index (χ3v) is 6.65. The third kappa shape index (κ3) is 3.69. The van der Waals surface area contributed by atoms with E-state index in [4.69, 9.17) is 26.8 Å². The third-order valence-electron chi connectivity index (χ3n) is 6.43. The Morgan fingerprint density at radius 2 is 1.80 bits per heavy atom. The van der Waals surface area contributed by atoms with Gasteiger partial charge in [-0.25, -0.2) is 0 Å². The summed E-state index contributed by atoms with van der Waals surface area (Å²) in [6.07, 6.45) is 6.92. The molecular formula is C26H24BClF2N3O2-. The molecule has 2 aliphatic rings. The van der Waals surface area contributed by atoms with Crippen molar-refractivity contribution >= 4 is 42.0 Å². The molecule has 1 aromatic heterocycles. The van der Waals surface area contributed by atoms with Crippen LogP contribution in [0.25, 0.3) is 17.7 Å². The smallest absolute Gasteiger partial charge is 0.493 e. The number of halogens is 3. The van der Waals surface area contributed by atoms with E-state index in [0.717, 1.165) is 21.2 Å². The van der Waals surface area contributed by atoms with Gasteiger partial charge in [0.1, 0.15) is 0 Å². The van der Waals surface area contributed by atoms with Crippen LogP contribution in [0.1, 0.15) is 28.1 Å². The number of methoxy groups -OCH3 is 2. The predicted octanol–water partition coefficient (Wildman–Crippen LogP) is 6.09. The monoisotopic (exact) mass is 494 g/mol. The van der Waals surface area contributed by atoms with E-state index >= 15 is 8.63 Å². The highest BCUT2D eigenvalue weighted by molar-refractivity contribution is 6.63. The maximum atomic E-state index is 16.0. The molecule has 3 aromatic rings. The molecule has 0 unspecified atom stereocenters. The second kappa shape index (κ2) is 8.54. The first-order valence-corrected chi connectivity index (χ1v) is 11.5. The van der Waals surface area contributed by atoms with Gasteiger partial charge in [-0.1, -0.05) is 29.8 Å². The van der Waals surface area contributed by atoms with Crippen LogP contribution in [-0.4, -0.2) is 37.0 Å². The van der Waals surface area contributed by atoms with E-state index in [9.17, 15) is 0 Å². The van der Waals surface area contributed by atoms with Crippen LogP contribution in [0.5, 0.6) is 11.5 Å². The molecule has 0 radical (unpaired) electrons. The van der Waals surface area contributed by atoms with Crippen LogP contribution < -0.4 is 15.2 Å². The quantitative estimate of drug-likeness (QED) is 0.345. The number of hydrogen-bond acceptors (Lipinski definition) is 4. The largest absolute Gasteiger partial charge is 0.529 e. The fourth-order valence-electron chi connectivity index (χ4n) is 4.91. The van der Waals surface area contributed by atoms with E-state index in [1.54, 1.807) is 54.6 Å². The summed E-state index contributed by atoms with van der Waals surface area (Å²) in [4.78, 5) is 1.18. The first kappa shape index (κ1) is 23.1. The van der Waals surface area contributed by atoms with Gasteiger partial charge in [0.15, 0.2) is 11.5 Å². The number of nitrogens with zero attached hydrogens (tertiary/aromatic N) is 2. The number of hydrogen-bond donors (Lipinski definition) is 1. The molecule has 180 valence electrons. The molecule has 5 nitrogen and oxygen atoms in total. The van der Waals surface area contributed by atoms with E-state index in [2.05, 4.69) is 0 Å². The molecule has 2 aliphatic heterocycles. The highest BCUT2D eigenvalue weighted by Gasteiger charge is 2.44. The van der Waals surface area contributed by atoms with E-state index in [-0.39, 0.29) is 6.54 Å². The summed E-state index contributed by atoms with van der Waals surface area (Å²) < 4.78 is 44.0. The maximum absolute atomic E-state index is 16.0. The second-order valence-electron chi connectivity index (χ2n) is 8.56. The number of allylic oxidation sites excluding steroid dienone is 1. The van der Waals surface area contributed by atoms with Gasteiger partial charge >= 0.3 is 6.97 Å². The molecule has 0 aliphatic carbocycles. The average Bonchev–Trinajstić information content (AvgIpc) is 3.45. The van der Waals surface area contributed by atoms with Crippen molar-refractivity contribution in [2.75, 3.05) is 26.5 Å². The Morgan fingerprint density at radius 1 is 1.06 bits per heavy atom. The summed E-state index contributed by atoms with van der Waals surface area (Å²) in [7, 11) is 3.04. The van der Waals surface area contributed by atoms with Gasteiger partial charge in [-0.15, -0.1) is 0 Å². The van der Waals surface area contributed by atoms with Crippen molar-refractivity contribution in [1.29, 1.82) is 0 Å². The summed E-state index contributed by atoms with van der Waals surface area (Å²) in [6.45, 7) is -2.09. The van der Waals surface area contributed by atoms with Crippen LogP contribution in [0, 0.1) is 6.92 Å². The molecule has 0 amide bonds. The Labute approximate surface area is 207 Å². The minimum atomic E-state index is -4.08. The van der Waals surface area contributed by atoms with Crippen molar-refractivity contribution in [1.82, 2.24) is 9.29 Å². The minimum absolute atomic E-state index is 0.139. The number of fused-ring (bicyclic) bond motifs is 2. The molecule has 0 atom stereocenters. The lowest BCUT2D eigenvalue weighted by Gasteiger charge is -2.46.